The first kappa shape index (κ1) is 26.7. The van der Waals surface area contributed by atoms with E-state index in [1.165, 1.54) is 0 Å². The molecule has 1 atom stereocenters. The van der Waals surface area contributed by atoms with Gasteiger partial charge in [-0.15, -0.1) is 0 Å². The summed E-state index contributed by atoms with van der Waals surface area (Å²) in [7, 11) is 1.56. The van der Waals surface area contributed by atoms with Crippen LogP contribution in [0.5, 0.6) is 28.7 Å². The zero-order valence-electron chi connectivity index (χ0n) is 21.2. The molecule has 3 aromatic carbocycles. The monoisotopic (exact) mass is 534 g/mol. The largest absolute Gasteiger partial charge is 0.493 e. The fraction of sp³-hybridized carbons (Fsp3) is 0.241. The minimum atomic E-state index is -0.602. The van der Waals surface area contributed by atoms with Crippen LogP contribution in [0.1, 0.15) is 30.9 Å². The van der Waals surface area contributed by atoms with Crippen molar-refractivity contribution in [1.29, 1.82) is 5.26 Å². The third kappa shape index (κ3) is 6.13. The van der Waals surface area contributed by atoms with Gasteiger partial charge in [0, 0.05) is 16.7 Å². The van der Waals surface area contributed by atoms with Crippen molar-refractivity contribution in [3.63, 3.8) is 0 Å². The predicted molar refractivity (Wildman–Crippen MR) is 142 cm³/mol. The third-order valence-corrected chi connectivity index (χ3v) is 5.94. The fourth-order valence-electron chi connectivity index (χ4n) is 3.92. The molecule has 8 nitrogen and oxygen atoms in total. The normalized spacial score (nSPS) is 14.3. The van der Waals surface area contributed by atoms with Gasteiger partial charge in [-0.1, -0.05) is 37.6 Å². The molecule has 0 saturated carbocycles. The molecule has 38 heavy (non-hydrogen) atoms. The van der Waals surface area contributed by atoms with Crippen LogP contribution in [0.3, 0.4) is 0 Å². The Bertz CT molecular complexity index is 1400. The van der Waals surface area contributed by atoms with E-state index in [9.17, 15) is 10.1 Å². The first-order valence-corrected chi connectivity index (χ1v) is 12.3. The Morgan fingerprint density at radius 1 is 1.05 bits per heavy atom. The predicted octanol–water partition coefficient (Wildman–Crippen LogP) is 5.59. The number of nitriles is 1. The van der Waals surface area contributed by atoms with E-state index in [4.69, 9.17) is 41.0 Å². The molecule has 2 N–H and O–H groups in total. The Hall–Kier alpha value is -4.35. The minimum Gasteiger partial charge on any atom is -0.493 e. The van der Waals surface area contributed by atoms with Crippen LogP contribution in [0.25, 0.3) is 0 Å². The van der Waals surface area contributed by atoms with Crippen LogP contribution < -0.4 is 29.4 Å². The van der Waals surface area contributed by atoms with Crippen molar-refractivity contribution in [1.82, 2.24) is 0 Å². The molecule has 9 heteroatoms. The average Bonchev–Trinajstić information content (AvgIpc) is 2.90. The number of esters is 1. The quantitative estimate of drug-likeness (QED) is 0.279. The number of carbonyl (C=O) groups excluding carboxylic acids is 1. The van der Waals surface area contributed by atoms with Crippen LogP contribution in [-0.4, -0.2) is 26.3 Å². The summed E-state index contributed by atoms with van der Waals surface area (Å²) in [5.74, 6) is 1.45. The van der Waals surface area contributed by atoms with Crippen LogP contribution in [-0.2, 0) is 4.79 Å². The summed E-state index contributed by atoms with van der Waals surface area (Å²) < 4.78 is 28.0. The van der Waals surface area contributed by atoms with Crippen molar-refractivity contribution in [3.05, 3.63) is 88.3 Å². The van der Waals surface area contributed by atoms with Gasteiger partial charge in [0.2, 0.25) is 5.88 Å². The summed E-state index contributed by atoms with van der Waals surface area (Å²) in [4.78, 5) is 12.4. The maximum absolute atomic E-state index is 12.4. The summed E-state index contributed by atoms with van der Waals surface area (Å²) in [6, 6.07) is 19.2. The number of halogens is 1. The molecule has 0 spiro atoms. The number of fused-ring (bicyclic) bond motifs is 1. The molecule has 0 bridgehead atoms. The number of rotatable bonds is 9. The molecule has 0 amide bonds. The lowest BCUT2D eigenvalue weighted by Crippen LogP contribution is -2.22. The number of hydrogen-bond donors (Lipinski definition) is 1. The first-order chi connectivity index (χ1) is 18.3. The molecule has 0 aromatic heterocycles. The van der Waals surface area contributed by atoms with Crippen molar-refractivity contribution in [2.45, 2.75) is 19.8 Å². The summed E-state index contributed by atoms with van der Waals surface area (Å²) >= 11 is 5.86. The highest BCUT2D eigenvalue weighted by molar-refractivity contribution is 6.30. The van der Waals surface area contributed by atoms with Crippen LogP contribution in [0.4, 0.5) is 0 Å². The van der Waals surface area contributed by atoms with Gasteiger partial charge in [-0.2, -0.15) is 5.26 Å². The zero-order chi connectivity index (χ0) is 27.2. The number of allylic oxidation sites excluding steroid dienone is 1. The summed E-state index contributed by atoms with van der Waals surface area (Å²) in [6.45, 7) is 4.36. The van der Waals surface area contributed by atoms with E-state index in [-0.39, 0.29) is 23.8 Å². The van der Waals surface area contributed by atoms with E-state index in [0.717, 1.165) is 5.56 Å². The van der Waals surface area contributed by atoms with Gasteiger partial charge in [0.25, 0.3) is 0 Å². The third-order valence-electron chi connectivity index (χ3n) is 5.69. The van der Waals surface area contributed by atoms with E-state index < -0.39 is 11.9 Å². The highest BCUT2D eigenvalue weighted by atomic mass is 35.5. The smallest absolute Gasteiger partial charge is 0.349 e. The number of ether oxygens (including phenoxy) is 5. The van der Waals surface area contributed by atoms with E-state index in [1.54, 1.807) is 49.6 Å². The number of nitrogens with zero attached hydrogens (tertiary/aromatic N) is 1. The van der Waals surface area contributed by atoms with Crippen LogP contribution >= 0.6 is 11.6 Å². The topological polar surface area (TPSA) is 113 Å². The molecule has 0 radical (unpaired) electrons. The average molecular weight is 535 g/mol. The molecule has 0 fully saturated rings. The standard InChI is InChI=1S/C29H27ClN2O6/c1-17(2)15-36-24-11-4-18(12-26(24)34-3)28-22-10-9-21(13-25(22)38-29(32)23(28)14-31)37-27(33)16-35-20-7-5-19(30)6-8-20/h4-13,17,28H,15-16,32H2,1-3H3. The lowest BCUT2D eigenvalue weighted by atomic mass is 9.83. The molecule has 3 aromatic rings. The highest BCUT2D eigenvalue weighted by Crippen LogP contribution is 2.45. The van der Waals surface area contributed by atoms with Crippen LogP contribution in [0.15, 0.2) is 72.1 Å². The second-order valence-corrected chi connectivity index (χ2v) is 9.39. The SMILES string of the molecule is COc1cc(C2C(C#N)=C(N)Oc3cc(OC(=O)COc4ccc(Cl)cc4)ccc32)ccc1OCC(C)C. The fourth-order valence-corrected chi connectivity index (χ4v) is 4.04. The Labute approximate surface area is 226 Å². The second kappa shape index (κ2) is 11.8. The van der Waals surface area contributed by atoms with Crippen LogP contribution in [0, 0.1) is 17.2 Å². The number of carbonyl (C=O) groups is 1. The van der Waals surface area contributed by atoms with Crippen molar-refractivity contribution in [2.75, 3.05) is 20.3 Å². The van der Waals surface area contributed by atoms with Gasteiger partial charge in [-0.25, -0.2) is 4.79 Å². The lowest BCUT2D eigenvalue weighted by Gasteiger charge is -2.27. The van der Waals surface area contributed by atoms with Gasteiger partial charge < -0.3 is 29.4 Å². The van der Waals surface area contributed by atoms with Gasteiger partial charge in [0.05, 0.1) is 19.6 Å². The molecule has 1 unspecified atom stereocenters. The van der Waals surface area contributed by atoms with Crippen molar-refractivity contribution >= 4 is 17.6 Å². The van der Waals surface area contributed by atoms with Gasteiger partial charge >= 0.3 is 5.97 Å². The van der Waals surface area contributed by atoms with Gasteiger partial charge in [-0.05, 0) is 53.9 Å². The Balaban J connectivity index is 1.56. The molecular weight excluding hydrogens is 508 g/mol. The Kier molecular flexibility index (Phi) is 8.29. The van der Waals surface area contributed by atoms with E-state index in [0.29, 0.717) is 46.1 Å². The van der Waals surface area contributed by atoms with Gasteiger partial charge in [0.15, 0.2) is 18.1 Å². The molecule has 1 aliphatic rings. The number of nitrogens with two attached hydrogens (primary N) is 1. The number of benzene rings is 3. The summed E-state index contributed by atoms with van der Waals surface area (Å²) in [5.41, 5.74) is 7.84. The van der Waals surface area contributed by atoms with Crippen molar-refractivity contribution < 1.29 is 28.5 Å². The van der Waals surface area contributed by atoms with Gasteiger partial charge in [-0.3, -0.25) is 0 Å². The van der Waals surface area contributed by atoms with E-state index in [2.05, 4.69) is 19.9 Å². The lowest BCUT2D eigenvalue weighted by molar-refractivity contribution is -0.136. The molecule has 196 valence electrons. The maximum Gasteiger partial charge on any atom is 0.349 e. The van der Waals surface area contributed by atoms with Gasteiger partial charge in [0.1, 0.15) is 28.9 Å². The minimum absolute atomic E-state index is 0.0290. The highest BCUT2D eigenvalue weighted by Gasteiger charge is 2.31. The molecule has 0 saturated heterocycles. The number of hydrogen-bond acceptors (Lipinski definition) is 8. The molecular formula is C29H27ClN2O6. The Morgan fingerprint density at radius 3 is 2.47 bits per heavy atom. The first-order valence-electron chi connectivity index (χ1n) is 11.9. The summed E-state index contributed by atoms with van der Waals surface area (Å²) in [6.07, 6.45) is 0. The molecule has 1 heterocycles. The maximum atomic E-state index is 12.4. The molecule has 4 rings (SSSR count). The summed E-state index contributed by atoms with van der Waals surface area (Å²) in [5, 5.41) is 10.4. The number of methoxy groups -OCH3 is 1. The molecule has 0 aliphatic carbocycles. The molecule has 1 aliphatic heterocycles. The second-order valence-electron chi connectivity index (χ2n) is 8.96. The zero-order valence-corrected chi connectivity index (χ0v) is 22.0. The van der Waals surface area contributed by atoms with E-state index in [1.807, 2.05) is 18.2 Å². The van der Waals surface area contributed by atoms with Crippen molar-refractivity contribution in [2.24, 2.45) is 11.7 Å². The Morgan fingerprint density at radius 2 is 1.79 bits per heavy atom. The van der Waals surface area contributed by atoms with Crippen molar-refractivity contribution in [3.8, 4) is 34.8 Å². The van der Waals surface area contributed by atoms with E-state index >= 15 is 0 Å². The van der Waals surface area contributed by atoms with Crippen LogP contribution in [0.2, 0.25) is 5.02 Å².